The van der Waals surface area contributed by atoms with E-state index >= 15 is 0 Å². The van der Waals surface area contributed by atoms with E-state index in [0.717, 1.165) is 79.7 Å². The summed E-state index contributed by atoms with van der Waals surface area (Å²) in [5, 5.41) is 8.77. The Labute approximate surface area is 264 Å². The van der Waals surface area contributed by atoms with Crippen LogP contribution in [0.2, 0.25) is 5.02 Å². The van der Waals surface area contributed by atoms with Crippen molar-refractivity contribution in [1.82, 2.24) is 9.58 Å². The predicted molar refractivity (Wildman–Crippen MR) is 178 cm³/mol. The summed E-state index contributed by atoms with van der Waals surface area (Å²) >= 11 is 6.41. The number of nitrogens with two attached hydrogens (primary N) is 1. The first-order valence-corrected chi connectivity index (χ1v) is 15.9. The Morgan fingerprint density at radius 1 is 0.977 bits per heavy atom. The van der Waals surface area contributed by atoms with Gasteiger partial charge in [0.1, 0.15) is 5.75 Å². The summed E-state index contributed by atoms with van der Waals surface area (Å²) in [7, 11) is 0. The Hall–Kier alpha value is -3.72. The van der Waals surface area contributed by atoms with Gasteiger partial charge in [-0.1, -0.05) is 54.3 Å². The Bertz CT molecular complexity index is 1500. The molecule has 4 aromatic rings. The van der Waals surface area contributed by atoms with Crippen molar-refractivity contribution < 1.29 is 19.4 Å². The van der Waals surface area contributed by atoms with E-state index in [4.69, 9.17) is 36.8 Å². The molecule has 2 aliphatic heterocycles. The third kappa shape index (κ3) is 7.49. The van der Waals surface area contributed by atoms with Crippen LogP contribution in [0, 0.1) is 6.92 Å². The van der Waals surface area contributed by atoms with Crippen LogP contribution >= 0.6 is 11.6 Å². The fourth-order valence-electron chi connectivity index (χ4n) is 6.35. The largest absolute Gasteiger partial charge is 0.494 e. The van der Waals surface area contributed by atoms with Gasteiger partial charge in [0.2, 0.25) is 0 Å². The third-order valence-corrected chi connectivity index (χ3v) is 8.82. The molecule has 2 aliphatic rings. The average molecular weight is 619 g/mol. The van der Waals surface area contributed by atoms with E-state index in [9.17, 15) is 0 Å². The fraction of sp³-hybridized carbons (Fsp3) is 0.400. The van der Waals surface area contributed by atoms with Crippen molar-refractivity contribution >= 4 is 34.7 Å². The highest BCUT2D eigenvalue weighted by Gasteiger charge is 2.34. The van der Waals surface area contributed by atoms with Crippen molar-refractivity contribution in [3.05, 3.63) is 94.1 Å². The number of ether oxygens (including phenoxy) is 2. The molecule has 0 amide bonds. The van der Waals surface area contributed by atoms with Crippen LogP contribution in [0.1, 0.15) is 54.1 Å². The van der Waals surface area contributed by atoms with Crippen molar-refractivity contribution in [2.45, 2.75) is 45.1 Å². The molecule has 3 heterocycles. The Kier molecular flexibility index (Phi) is 11.0. The molecule has 0 aliphatic carbocycles. The molecule has 1 saturated heterocycles. The molecule has 1 aromatic heterocycles. The van der Waals surface area contributed by atoms with Gasteiger partial charge in [-0.25, -0.2) is 0 Å². The van der Waals surface area contributed by atoms with Crippen molar-refractivity contribution in [3.8, 4) is 5.75 Å². The number of hydrogen-bond acceptors (Lipinski definition) is 6. The number of aromatic nitrogens is 1. The summed E-state index contributed by atoms with van der Waals surface area (Å²) < 4.78 is 13.4. The number of hydrogen-bond donors (Lipinski definition) is 2. The SMILES string of the molecule is Cc1ccc(N2CCc3c(n(N)c4ccc(Cl)cc34)C2c2ccc(OCCCCCCN3CCOCC3)cc2)cc1.O=CO. The van der Waals surface area contributed by atoms with E-state index in [-0.39, 0.29) is 12.5 Å². The molecule has 234 valence electrons. The average Bonchev–Trinajstić information content (AvgIpc) is 3.32. The zero-order valence-corrected chi connectivity index (χ0v) is 26.2. The normalized spacial score (nSPS) is 16.7. The third-order valence-electron chi connectivity index (χ3n) is 8.59. The molecule has 1 unspecified atom stereocenters. The van der Waals surface area contributed by atoms with E-state index in [1.165, 1.54) is 48.2 Å². The summed E-state index contributed by atoms with van der Waals surface area (Å²) in [5.41, 5.74) is 7.07. The summed E-state index contributed by atoms with van der Waals surface area (Å²) in [6.07, 6.45) is 5.68. The van der Waals surface area contributed by atoms with E-state index in [1.807, 2.05) is 16.8 Å². The Morgan fingerprint density at radius 3 is 2.41 bits per heavy atom. The molecule has 3 N–H and O–H groups in total. The minimum absolute atomic E-state index is 0.0156. The molecule has 1 atom stereocenters. The number of benzene rings is 3. The van der Waals surface area contributed by atoms with Gasteiger partial charge in [-0.05, 0) is 86.3 Å². The molecule has 0 bridgehead atoms. The number of unbranched alkanes of at least 4 members (excludes halogenated alkanes) is 3. The highest BCUT2D eigenvalue weighted by atomic mass is 35.5. The number of aryl methyl sites for hydroxylation is 1. The summed E-state index contributed by atoms with van der Waals surface area (Å²) in [5.74, 6) is 7.72. The van der Waals surface area contributed by atoms with Gasteiger partial charge < -0.3 is 25.3 Å². The van der Waals surface area contributed by atoms with Gasteiger partial charge in [0.05, 0.1) is 37.1 Å². The van der Waals surface area contributed by atoms with E-state index in [2.05, 4.69) is 71.3 Å². The van der Waals surface area contributed by atoms with Crippen LogP contribution in [0.3, 0.4) is 0 Å². The maximum atomic E-state index is 8.36. The second kappa shape index (κ2) is 15.3. The van der Waals surface area contributed by atoms with Gasteiger partial charge in [0.15, 0.2) is 0 Å². The second-order valence-corrected chi connectivity index (χ2v) is 11.9. The molecule has 9 heteroatoms. The fourth-order valence-corrected chi connectivity index (χ4v) is 6.52. The van der Waals surface area contributed by atoms with Gasteiger partial charge in [0, 0.05) is 35.7 Å². The standard InChI is InChI=1S/C34H41ClN4O2.CH2O2/c1-25-6-11-28(12-7-25)38-18-16-30-31-24-27(35)10-15-32(31)39(36)34(30)33(38)26-8-13-29(14-9-26)41-21-5-3-2-4-17-37-19-22-40-23-20-37;2-1-3/h6-15,24,33H,2-5,16-23,36H2,1H3;1H,(H,2,3). The zero-order valence-electron chi connectivity index (χ0n) is 25.5. The van der Waals surface area contributed by atoms with Gasteiger partial charge in [-0.15, -0.1) is 0 Å². The lowest BCUT2D eigenvalue weighted by Crippen LogP contribution is -2.38. The number of carboxylic acid groups (broad SMARTS) is 1. The topological polar surface area (TPSA) is 93.2 Å². The van der Waals surface area contributed by atoms with Crippen LogP contribution in [-0.4, -0.2) is 67.2 Å². The maximum absolute atomic E-state index is 8.36. The lowest BCUT2D eigenvalue weighted by atomic mass is 9.91. The van der Waals surface area contributed by atoms with Crippen molar-refractivity contribution in [3.63, 3.8) is 0 Å². The van der Waals surface area contributed by atoms with Gasteiger partial charge in [-0.3, -0.25) is 14.4 Å². The van der Waals surface area contributed by atoms with Crippen molar-refractivity contribution in [2.24, 2.45) is 0 Å². The van der Waals surface area contributed by atoms with E-state index in [1.54, 1.807) is 0 Å². The quantitative estimate of drug-likeness (QED) is 0.120. The molecule has 8 nitrogen and oxygen atoms in total. The molecule has 3 aromatic carbocycles. The molecular formula is C35H43ClN4O4. The monoisotopic (exact) mass is 618 g/mol. The number of anilines is 1. The number of halogens is 1. The zero-order chi connectivity index (χ0) is 30.9. The van der Waals surface area contributed by atoms with E-state index in [0.29, 0.717) is 0 Å². The van der Waals surface area contributed by atoms with Crippen LogP contribution < -0.4 is 15.5 Å². The van der Waals surface area contributed by atoms with Crippen LogP contribution in [0.4, 0.5) is 5.69 Å². The smallest absolute Gasteiger partial charge is 0.290 e. The maximum Gasteiger partial charge on any atom is 0.290 e. The van der Waals surface area contributed by atoms with Crippen molar-refractivity contribution in [1.29, 1.82) is 0 Å². The number of rotatable bonds is 10. The molecule has 1 fully saturated rings. The number of carbonyl (C=O) groups is 1. The molecule has 0 saturated carbocycles. The van der Waals surface area contributed by atoms with Crippen LogP contribution in [-0.2, 0) is 16.0 Å². The molecule has 44 heavy (non-hydrogen) atoms. The lowest BCUT2D eigenvalue weighted by molar-refractivity contribution is -0.122. The number of morpholine rings is 1. The van der Waals surface area contributed by atoms with Crippen LogP contribution in [0.5, 0.6) is 5.75 Å². The summed E-state index contributed by atoms with van der Waals surface area (Å²) in [4.78, 5) is 13.3. The summed E-state index contributed by atoms with van der Waals surface area (Å²) in [6, 6.07) is 23.4. The number of fused-ring (bicyclic) bond motifs is 3. The molecular weight excluding hydrogens is 576 g/mol. The molecule has 0 spiro atoms. The Balaban J connectivity index is 0.00000123. The first-order chi connectivity index (χ1) is 21.5. The van der Waals surface area contributed by atoms with Crippen molar-refractivity contribution in [2.75, 3.05) is 56.7 Å². The number of nitrogens with zero attached hydrogens (tertiary/aromatic N) is 3. The van der Waals surface area contributed by atoms with Gasteiger partial charge in [0.25, 0.3) is 6.47 Å². The minimum Gasteiger partial charge on any atom is -0.494 e. The van der Waals surface area contributed by atoms with Crippen LogP contribution in [0.15, 0.2) is 66.7 Å². The first-order valence-electron chi connectivity index (χ1n) is 15.5. The molecule has 0 radical (unpaired) electrons. The number of nitrogen functional groups attached to an aromatic ring is 1. The van der Waals surface area contributed by atoms with Gasteiger partial charge in [-0.2, -0.15) is 0 Å². The predicted octanol–water partition coefficient (Wildman–Crippen LogP) is 6.44. The minimum atomic E-state index is -0.250. The van der Waals surface area contributed by atoms with Gasteiger partial charge >= 0.3 is 0 Å². The highest BCUT2D eigenvalue weighted by Crippen LogP contribution is 2.42. The first kappa shape index (κ1) is 31.7. The second-order valence-electron chi connectivity index (χ2n) is 11.5. The molecule has 6 rings (SSSR count). The van der Waals surface area contributed by atoms with E-state index < -0.39 is 0 Å². The highest BCUT2D eigenvalue weighted by molar-refractivity contribution is 6.31. The summed E-state index contributed by atoms with van der Waals surface area (Å²) in [6.45, 7) is 8.61. The van der Waals surface area contributed by atoms with Crippen LogP contribution in [0.25, 0.3) is 10.9 Å². The Morgan fingerprint density at radius 2 is 1.68 bits per heavy atom. The lowest BCUT2D eigenvalue weighted by Gasteiger charge is -2.38.